The Morgan fingerprint density at radius 2 is 1.95 bits per heavy atom. The molecule has 0 radical (unpaired) electrons. The largest absolute Gasteiger partial charge is 0.437 e. The molecule has 94 valence electrons. The lowest BCUT2D eigenvalue weighted by molar-refractivity contribution is 0.457. The van der Waals surface area contributed by atoms with Gasteiger partial charge in [-0.05, 0) is 18.2 Å². The minimum Gasteiger partial charge on any atom is -0.437 e. The topological polar surface area (TPSA) is 35.0 Å². The van der Waals surface area contributed by atoms with Crippen LogP contribution in [0.2, 0.25) is 0 Å². The number of hydrogen-bond acceptors (Lipinski definition) is 3. The predicted octanol–water partition coefficient (Wildman–Crippen LogP) is 4.16. The Balaban J connectivity index is 1.96. The molecule has 0 amide bonds. The molecule has 0 atom stereocenters. The van der Waals surface area contributed by atoms with E-state index in [2.05, 4.69) is 9.97 Å². The smallest absolute Gasteiger partial charge is 0.223 e. The van der Waals surface area contributed by atoms with Crippen molar-refractivity contribution in [1.82, 2.24) is 9.97 Å². The molecule has 0 aliphatic carbocycles. The first-order chi connectivity index (χ1) is 9.36. The average Bonchev–Trinajstić information content (AvgIpc) is 2.48. The second kappa shape index (κ2) is 5.24. The van der Waals surface area contributed by atoms with Crippen molar-refractivity contribution in [3.8, 4) is 11.6 Å². The van der Waals surface area contributed by atoms with Crippen LogP contribution in [0.1, 0.15) is 5.56 Å². The Morgan fingerprint density at radius 3 is 2.84 bits per heavy atom. The second-order valence-electron chi connectivity index (χ2n) is 4.07. The zero-order valence-corrected chi connectivity index (χ0v) is 10.8. The van der Waals surface area contributed by atoms with Crippen molar-refractivity contribution in [2.45, 2.75) is 5.88 Å². The van der Waals surface area contributed by atoms with Crippen molar-refractivity contribution in [2.24, 2.45) is 0 Å². The van der Waals surface area contributed by atoms with Crippen LogP contribution in [-0.4, -0.2) is 9.97 Å². The van der Waals surface area contributed by atoms with Gasteiger partial charge in [0.25, 0.3) is 0 Å². The first kappa shape index (κ1) is 11.9. The first-order valence-corrected chi connectivity index (χ1v) is 6.43. The Morgan fingerprint density at radius 1 is 1.05 bits per heavy atom. The highest BCUT2D eigenvalue weighted by molar-refractivity contribution is 6.17. The Bertz CT molecular complexity index is 715. The average molecular weight is 271 g/mol. The van der Waals surface area contributed by atoms with E-state index in [0.29, 0.717) is 17.5 Å². The molecule has 0 spiro atoms. The monoisotopic (exact) mass is 270 g/mol. The molecule has 19 heavy (non-hydrogen) atoms. The van der Waals surface area contributed by atoms with Crippen molar-refractivity contribution < 1.29 is 4.74 Å². The van der Waals surface area contributed by atoms with Gasteiger partial charge in [-0.15, -0.1) is 11.6 Å². The third-order valence-electron chi connectivity index (χ3n) is 2.77. The van der Waals surface area contributed by atoms with E-state index in [0.717, 1.165) is 16.5 Å². The van der Waals surface area contributed by atoms with Crippen LogP contribution in [0.25, 0.3) is 10.9 Å². The number of alkyl halides is 1. The van der Waals surface area contributed by atoms with Gasteiger partial charge in [-0.1, -0.05) is 24.3 Å². The molecule has 3 nitrogen and oxygen atoms in total. The van der Waals surface area contributed by atoms with E-state index in [1.807, 2.05) is 42.5 Å². The number of ether oxygens (including phenoxy) is 1. The summed E-state index contributed by atoms with van der Waals surface area (Å²) in [7, 11) is 0. The highest BCUT2D eigenvalue weighted by Crippen LogP contribution is 2.25. The van der Waals surface area contributed by atoms with Crippen LogP contribution in [0.4, 0.5) is 0 Å². The molecular formula is C15H11ClN2O. The van der Waals surface area contributed by atoms with E-state index >= 15 is 0 Å². The Labute approximate surface area is 115 Å². The minimum atomic E-state index is 0.365. The van der Waals surface area contributed by atoms with Gasteiger partial charge in [0.1, 0.15) is 5.75 Å². The lowest BCUT2D eigenvalue weighted by atomic mass is 10.2. The predicted molar refractivity (Wildman–Crippen MR) is 75.6 cm³/mol. The summed E-state index contributed by atoms with van der Waals surface area (Å²) in [5.41, 5.74) is 1.80. The zero-order chi connectivity index (χ0) is 13.1. The van der Waals surface area contributed by atoms with Gasteiger partial charge in [-0.25, -0.2) is 4.98 Å². The van der Waals surface area contributed by atoms with Gasteiger partial charge >= 0.3 is 0 Å². The van der Waals surface area contributed by atoms with Crippen molar-refractivity contribution in [3.05, 3.63) is 60.4 Å². The summed E-state index contributed by atoms with van der Waals surface area (Å²) in [4.78, 5) is 8.54. The maximum atomic E-state index is 5.86. The van der Waals surface area contributed by atoms with Crippen LogP contribution in [-0.2, 0) is 5.88 Å². The molecule has 4 heteroatoms. The van der Waals surface area contributed by atoms with E-state index in [1.165, 1.54) is 0 Å². The van der Waals surface area contributed by atoms with Crippen LogP contribution in [0.15, 0.2) is 54.9 Å². The fourth-order valence-electron chi connectivity index (χ4n) is 1.84. The molecule has 0 bridgehead atoms. The van der Waals surface area contributed by atoms with Crippen LogP contribution in [0.5, 0.6) is 11.6 Å². The van der Waals surface area contributed by atoms with E-state index in [4.69, 9.17) is 16.3 Å². The molecule has 0 unspecified atom stereocenters. The number of halogens is 1. The SMILES string of the molecule is ClCc1cccnc1Oc1cnc2ccccc2c1. The van der Waals surface area contributed by atoms with Crippen LogP contribution in [0, 0.1) is 0 Å². The summed E-state index contributed by atoms with van der Waals surface area (Å²) in [6.45, 7) is 0. The number of aromatic nitrogens is 2. The molecule has 3 rings (SSSR count). The molecule has 0 saturated heterocycles. The summed E-state index contributed by atoms with van der Waals surface area (Å²) in [5, 5.41) is 1.03. The zero-order valence-electron chi connectivity index (χ0n) is 10.1. The quantitative estimate of drug-likeness (QED) is 0.670. The normalized spacial score (nSPS) is 10.6. The van der Waals surface area contributed by atoms with Gasteiger partial charge in [0.15, 0.2) is 0 Å². The van der Waals surface area contributed by atoms with Gasteiger partial charge in [-0.2, -0.15) is 0 Å². The Kier molecular flexibility index (Phi) is 3.29. The molecule has 0 saturated carbocycles. The van der Waals surface area contributed by atoms with E-state index < -0.39 is 0 Å². The number of rotatable bonds is 3. The van der Waals surface area contributed by atoms with Crippen molar-refractivity contribution in [2.75, 3.05) is 0 Å². The van der Waals surface area contributed by atoms with E-state index in [1.54, 1.807) is 12.4 Å². The highest BCUT2D eigenvalue weighted by Gasteiger charge is 2.06. The van der Waals surface area contributed by atoms with Gasteiger partial charge in [0.2, 0.25) is 5.88 Å². The third-order valence-corrected chi connectivity index (χ3v) is 3.06. The number of para-hydroxylation sites is 1. The fraction of sp³-hybridized carbons (Fsp3) is 0.0667. The molecular weight excluding hydrogens is 260 g/mol. The maximum Gasteiger partial charge on any atom is 0.223 e. The van der Waals surface area contributed by atoms with Crippen molar-refractivity contribution in [1.29, 1.82) is 0 Å². The third kappa shape index (κ3) is 2.51. The molecule has 0 fully saturated rings. The molecule has 1 aromatic carbocycles. The fourth-order valence-corrected chi connectivity index (χ4v) is 2.04. The van der Waals surface area contributed by atoms with Gasteiger partial charge < -0.3 is 4.74 Å². The molecule has 0 aliphatic rings. The number of nitrogens with zero attached hydrogens (tertiary/aromatic N) is 2. The van der Waals surface area contributed by atoms with Crippen LogP contribution in [0.3, 0.4) is 0 Å². The molecule has 2 aromatic heterocycles. The van der Waals surface area contributed by atoms with Crippen LogP contribution < -0.4 is 4.74 Å². The number of pyridine rings is 2. The standard InChI is InChI=1S/C15H11ClN2O/c16-9-12-5-3-7-17-15(12)19-13-8-11-4-1-2-6-14(11)18-10-13/h1-8,10H,9H2. The van der Waals surface area contributed by atoms with E-state index in [-0.39, 0.29) is 0 Å². The van der Waals surface area contributed by atoms with Gasteiger partial charge in [-0.3, -0.25) is 4.98 Å². The lowest BCUT2D eigenvalue weighted by Crippen LogP contribution is -1.93. The number of benzene rings is 1. The first-order valence-electron chi connectivity index (χ1n) is 5.89. The summed E-state index contributed by atoms with van der Waals surface area (Å²) < 4.78 is 5.75. The molecule has 2 heterocycles. The molecule has 0 aliphatic heterocycles. The minimum absolute atomic E-state index is 0.365. The summed E-state index contributed by atoms with van der Waals surface area (Å²) in [5.74, 6) is 1.54. The lowest BCUT2D eigenvalue weighted by Gasteiger charge is -2.08. The molecule has 0 N–H and O–H groups in total. The summed E-state index contributed by atoms with van der Waals surface area (Å²) in [6.07, 6.45) is 3.37. The summed E-state index contributed by atoms with van der Waals surface area (Å²) >= 11 is 5.86. The van der Waals surface area contributed by atoms with Gasteiger partial charge in [0.05, 0.1) is 17.6 Å². The van der Waals surface area contributed by atoms with Crippen LogP contribution >= 0.6 is 11.6 Å². The number of hydrogen-bond donors (Lipinski definition) is 0. The number of fused-ring (bicyclic) bond motifs is 1. The van der Waals surface area contributed by atoms with Crippen molar-refractivity contribution in [3.63, 3.8) is 0 Å². The van der Waals surface area contributed by atoms with Gasteiger partial charge in [0, 0.05) is 17.1 Å². The highest BCUT2D eigenvalue weighted by atomic mass is 35.5. The second-order valence-corrected chi connectivity index (χ2v) is 4.33. The molecule has 3 aromatic rings. The summed E-state index contributed by atoms with van der Waals surface area (Å²) in [6, 6.07) is 13.6. The Hall–Kier alpha value is -2.13. The van der Waals surface area contributed by atoms with Crippen molar-refractivity contribution >= 4 is 22.5 Å². The maximum absolute atomic E-state index is 5.86. The van der Waals surface area contributed by atoms with E-state index in [9.17, 15) is 0 Å².